The lowest BCUT2D eigenvalue weighted by Crippen LogP contribution is -2.50. The smallest absolute Gasteiger partial charge is 0.319 e. The largest absolute Gasteiger partial charge is 0.508 e. The summed E-state index contributed by atoms with van der Waals surface area (Å²) in [6.45, 7) is 2.76. The minimum atomic E-state index is -0.718. The van der Waals surface area contributed by atoms with Gasteiger partial charge in [0.25, 0.3) is 0 Å². The maximum Gasteiger partial charge on any atom is 0.319 e. The number of likely N-dealkylation sites (tertiary alicyclic amines) is 1. The van der Waals surface area contributed by atoms with Gasteiger partial charge in [0.2, 0.25) is 0 Å². The Morgan fingerprint density at radius 3 is 2.86 bits per heavy atom. The number of aromatic nitrogens is 3. The number of fused-ring (bicyclic) bond motifs is 5. The molecule has 0 spiro atoms. The molecular formula is C34H33F2N5O3. The lowest BCUT2D eigenvalue weighted by molar-refractivity contribution is 0.0133. The molecule has 10 heteroatoms. The zero-order chi connectivity index (χ0) is 30.2. The van der Waals surface area contributed by atoms with Gasteiger partial charge in [-0.15, -0.1) is 6.42 Å². The van der Waals surface area contributed by atoms with E-state index < -0.39 is 11.6 Å². The first-order valence-electron chi connectivity index (χ1n) is 15.3. The highest BCUT2D eigenvalue weighted by molar-refractivity contribution is 6.03. The molecule has 0 amide bonds. The van der Waals surface area contributed by atoms with Crippen LogP contribution in [0.15, 0.2) is 30.5 Å². The van der Waals surface area contributed by atoms with Gasteiger partial charge in [0.15, 0.2) is 5.82 Å². The van der Waals surface area contributed by atoms with Crippen molar-refractivity contribution in [2.75, 3.05) is 38.3 Å². The second kappa shape index (κ2) is 10.2. The van der Waals surface area contributed by atoms with E-state index in [9.17, 15) is 9.50 Å². The maximum atomic E-state index is 16.8. The zero-order valence-corrected chi connectivity index (χ0v) is 24.5. The summed E-state index contributed by atoms with van der Waals surface area (Å²) in [5.41, 5.74) is 0.133. The van der Waals surface area contributed by atoms with Gasteiger partial charge >= 0.3 is 6.01 Å². The van der Waals surface area contributed by atoms with Crippen molar-refractivity contribution in [2.45, 2.75) is 56.7 Å². The summed E-state index contributed by atoms with van der Waals surface area (Å²) in [5, 5.41) is 11.7. The Morgan fingerprint density at radius 2 is 2.07 bits per heavy atom. The minimum Gasteiger partial charge on any atom is -0.508 e. The summed E-state index contributed by atoms with van der Waals surface area (Å²) in [6, 6.07) is 6.25. The number of phenolic OH excluding ortho intramolecular Hbond substituents is 1. The van der Waals surface area contributed by atoms with Gasteiger partial charge in [-0.2, -0.15) is 9.97 Å². The number of phenols is 1. The summed E-state index contributed by atoms with van der Waals surface area (Å²) >= 11 is 0. The standard InChI is InChI=1S/C34H33F2N5O3/c1-3-23-26(35)8-7-19-12-21(42)14-24(28(19)23)30-29(36)31-25(15-37-30)32(41-16-22-13-20(41)17-43-22)39-33(38-31)44-18-34-9-4-6-27(34)40(2)11-5-10-34/h1,7-8,12,14-15,20,22,27,42H,4-6,9-11,13,16-18H2,2H3/t20-,22-,27?,34?/m0/s1. The molecule has 226 valence electrons. The fourth-order valence-corrected chi connectivity index (χ4v) is 8.29. The van der Waals surface area contributed by atoms with E-state index >= 15 is 4.39 Å². The van der Waals surface area contributed by atoms with Gasteiger partial charge in [0.1, 0.15) is 28.6 Å². The highest BCUT2D eigenvalue weighted by Gasteiger charge is 2.47. The van der Waals surface area contributed by atoms with Crippen LogP contribution in [-0.4, -0.2) is 76.5 Å². The number of nitrogens with zero attached hydrogens (tertiary/aromatic N) is 5. The van der Waals surface area contributed by atoms with Crippen molar-refractivity contribution in [1.82, 2.24) is 19.9 Å². The van der Waals surface area contributed by atoms with E-state index in [1.165, 1.54) is 24.3 Å². The monoisotopic (exact) mass is 597 g/mol. The quantitative estimate of drug-likeness (QED) is 0.305. The number of benzene rings is 2. The Bertz CT molecular complexity index is 1860. The lowest BCUT2D eigenvalue weighted by atomic mass is 9.76. The molecule has 0 radical (unpaired) electrons. The van der Waals surface area contributed by atoms with E-state index in [-0.39, 0.29) is 51.7 Å². The second-order valence-electron chi connectivity index (χ2n) is 12.8. The second-order valence-corrected chi connectivity index (χ2v) is 12.8. The summed E-state index contributed by atoms with van der Waals surface area (Å²) in [7, 11) is 2.19. The SMILES string of the molecule is C#Cc1c(F)ccc2cc(O)cc(-c3ncc4c(N5C[C@@H]6C[C@H]5CO6)nc(OCC56CCCC5N(C)CCC6)nc4c3F)c12. The Hall–Kier alpha value is -4.07. The molecule has 4 atom stereocenters. The normalized spacial score (nSPS) is 26.4. The van der Waals surface area contributed by atoms with Crippen LogP contribution in [0.25, 0.3) is 32.9 Å². The Kier molecular flexibility index (Phi) is 6.40. The first-order chi connectivity index (χ1) is 21.3. The van der Waals surface area contributed by atoms with Crippen LogP contribution in [0.5, 0.6) is 11.8 Å². The van der Waals surface area contributed by atoms with Gasteiger partial charge in [-0.25, -0.2) is 8.78 Å². The number of terminal acetylenes is 1. The number of rotatable bonds is 5. The van der Waals surface area contributed by atoms with Gasteiger partial charge < -0.3 is 24.4 Å². The van der Waals surface area contributed by atoms with E-state index in [1.54, 1.807) is 6.20 Å². The molecule has 8 rings (SSSR count). The fraction of sp³-hybridized carbons (Fsp3) is 0.441. The average Bonchev–Trinajstić information content (AvgIpc) is 3.77. The molecule has 1 aliphatic carbocycles. The van der Waals surface area contributed by atoms with Crippen molar-refractivity contribution in [3.8, 4) is 35.4 Å². The van der Waals surface area contributed by atoms with Crippen molar-refractivity contribution in [3.05, 3.63) is 47.7 Å². The van der Waals surface area contributed by atoms with Gasteiger partial charge in [0, 0.05) is 35.1 Å². The Labute approximate surface area is 254 Å². The van der Waals surface area contributed by atoms with E-state index in [0.29, 0.717) is 47.8 Å². The number of anilines is 1. The van der Waals surface area contributed by atoms with Crippen LogP contribution in [0.2, 0.25) is 0 Å². The van der Waals surface area contributed by atoms with Gasteiger partial charge in [-0.1, -0.05) is 18.4 Å². The number of piperidine rings is 1. The van der Waals surface area contributed by atoms with Crippen LogP contribution in [0.1, 0.15) is 44.1 Å². The summed E-state index contributed by atoms with van der Waals surface area (Å²) in [6.07, 6.45) is 13.8. The van der Waals surface area contributed by atoms with Crippen molar-refractivity contribution >= 4 is 27.5 Å². The number of morpholine rings is 1. The molecule has 4 aromatic rings. The third-order valence-electron chi connectivity index (χ3n) is 10.3. The van der Waals surface area contributed by atoms with E-state index in [1.807, 2.05) is 0 Å². The highest BCUT2D eigenvalue weighted by Crippen LogP contribution is 2.48. The van der Waals surface area contributed by atoms with Crippen LogP contribution in [-0.2, 0) is 4.74 Å². The number of pyridine rings is 1. The minimum absolute atomic E-state index is 0.0180. The molecule has 5 heterocycles. The van der Waals surface area contributed by atoms with Gasteiger partial charge in [-0.05, 0) is 69.3 Å². The third kappa shape index (κ3) is 4.20. The zero-order valence-electron chi connectivity index (χ0n) is 24.5. The van der Waals surface area contributed by atoms with Crippen LogP contribution in [0.4, 0.5) is 14.6 Å². The van der Waals surface area contributed by atoms with Crippen LogP contribution >= 0.6 is 0 Å². The summed E-state index contributed by atoms with van der Waals surface area (Å²) in [4.78, 5) is 18.6. The molecule has 4 aliphatic rings. The molecule has 1 saturated carbocycles. The van der Waals surface area contributed by atoms with Crippen LogP contribution < -0.4 is 9.64 Å². The predicted molar refractivity (Wildman–Crippen MR) is 163 cm³/mol. The van der Waals surface area contributed by atoms with Gasteiger partial charge in [-0.3, -0.25) is 4.98 Å². The molecule has 2 bridgehead atoms. The predicted octanol–water partition coefficient (Wildman–Crippen LogP) is 5.43. The molecule has 2 unspecified atom stereocenters. The first kappa shape index (κ1) is 27.5. The van der Waals surface area contributed by atoms with E-state index in [0.717, 1.165) is 45.1 Å². The number of aromatic hydroxyl groups is 1. The van der Waals surface area contributed by atoms with Crippen molar-refractivity contribution < 1.29 is 23.4 Å². The average molecular weight is 598 g/mol. The van der Waals surface area contributed by atoms with Crippen LogP contribution in [0, 0.1) is 29.4 Å². The van der Waals surface area contributed by atoms with E-state index in [2.05, 4.69) is 32.7 Å². The number of hydrogen-bond donors (Lipinski definition) is 1. The third-order valence-corrected chi connectivity index (χ3v) is 10.3. The molecule has 3 saturated heterocycles. The Morgan fingerprint density at radius 1 is 1.20 bits per heavy atom. The summed E-state index contributed by atoms with van der Waals surface area (Å²) in [5.74, 6) is 1.51. The molecule has 2 aromatic carbocycles. The van der Waals surface area contributed by atoms with E-state index in [4.69, 9.17) is 20.9 Å². The fourth-order valence-electron chi connectivity index (χ4n) is 8.29. The lowest BCUT2D eigenvalue weighted by Gasteiger charge is -2.44. The number of hydrogen-bond acceptors (Lipinski definition) is 8. The number of halogens is 2. The molecular weight excluding hydrogens is 564 g/mol. The molecule has 3 aliphatic heterocycles. The Balaban J connectivity index is 1.27. The first-order valence-corrected chi connectivity index (χ1v) is 15.3. The summed E-state index contributed by atoms with van der Waals surface area (Å²) < 4.78 is 43.8. The highest BCUT2D eigenvalue weighted by atomic mass is 19.1. The topological polar surface area (TPSA) is 83.8 Å². The van der Waals surface area contributed by atoms with Crippen molar-refractivity contribution in [3.63, 3.8) is 0 Å². The molecule has 8 nitrogen and oxygen atoms in total. The van der Waals surface area contributed by atoms with Crippen molar-refractivity contribution in [1.29, 1.82) is 0 Å². The van der Waals surface area contributed by atoms with Crippen molar-refractivity contribution in [2.24, 2.45) is 5.41 Å². The molecule has 1 N–H and O–H groups in total. The maximum absolute atomic E-state index is 16.8. The molecule has 2 aromatic heterocycles. The molecule has 4 fully saturated rings. The number of ether oxygens (including phenoxy) is 2. The van der Waals surface area contributed by atoms with Gasteiger partial charge in [0.05, 0.1) is 36.3 Å². The van der Waals surface area contributed by atoms with Crippen LogP contribution in [0.3, 0.4) is 0 Å². The molecule has 44 heavy (non-hydrogen) atoms.